The predicted molar refractivity (Wildman–Crippen MR) is 253 cm³/mol. The van der Waals surface area contributed by atoms with E-state index in [9.17, 15) is 10.5 Å². The van der Waals surface area contributed by atoms with Gasteiger partial charge in [0.05, 0.1) is 66.6 Å². The van der Waals surface area contributed by atoms with Crippen molar-refractivity contribution >= 4 is 87.2 Å². The van der Waals surface area contributed by atoms with Crippen LogP contribution < -0.4 is 0 Å². The Morgan fingerprint density at radius 2 is 0.532 bits per heavy atom. The van der Waals surface area contributed by atoms with Crippen LogP contribution in [0.5, 0.6) is 0 Å². The minimum Gasteiger partial charge on any atom is -0.309 e. The molecule has 0 fully saturated rings. The highest BCUT2D eigenvalue weighted by atomic mass is 15.1. The van der Waals surface area contributed by atoms with Crippen LogP contribution in [0, 0.1) is 22.7 Å². The summed E-state index contributed by atoms with van der Waals surface area (Å²) >= 11 is 0. The number of aromatic nitrogens is 4. The summed E-state index contributed by atoms with van der Waals surface area (Å²) in [6, 6.07) is 73.1. The molecule has 0 saturated carbocycles. The Kier molecular flexibility index (Phi) is 7.05. The van der Waals surface area contributed by atoms with Crippen molar-refractivity contribution in [1.82, 2.24) is 18.3 Å². The summed E-state index contributed by atoms with van der Waals surface area (Å²) in [5, 5.41) is 30.2. The second-order valence-electron chi connectivity index (χ2n) is 16.0. The van der Waals surface area contributed by atoms with Gasteiger partial charge in [-0.15, -0.1) is 0 Å². The lowest BCUT2D eigenvalue weighted by molar-refractivity contribution is 1.09. The zero-order valence-corrected chi connectivity index (χ0v) is 33.2. The molecule has 0 spiro atoms. The van der Waals surface area contributed by atoms with Gasteiger partial charge < -0.3 is 18.3 Å². The Morgan fingerprint density at radius 3 is 0.855 bits per heavy atom. The van der Waals surface area contributed by atoms with Crippen molar-refractivity contribution in [2.45, 2.75) is 0 Å². The maximum atomic E-state index is 10.6. The maximum Gasteiger partial charge on any atom is 0.101 e. The molecule has 13 rings (SSSR count). The number of hydrogen-bond acceptors (Lipinski definition) is 2. The first-order valence-electron chi connectivity index (χ1n) is 20.7. The predicted octanol–water partition coefficient (Wildman–Crippen LogP) is 13.8. The molecular weight excluding hydrogens is 757 g/mol. The molecule has 6 nitrogen and oxygen atoms in total. The quantitative estimate of drug-likeness (QED) is 0.178. The van der Waals surface area contributed by atoms with Crippen LogP contribution in [0.4, 0.5) is 0 Å². The Hall–Kier alpha value is -8.84. The number of benzene rings is 9. The third-order valence-electron chi connectivity index (χ3n) is 12.8. The molecule has 0 atom stereocenters. The highest BCUT2D eigenvalue weighted by molar-refractivity contribution is 6.21. The summed E-state index contributed by atoms with van der Waals surface area (Å²) in [7, 11) is 0. The number of nitriles is 2. The Balaban J connectivity index is 1.18. The largest absolute Gasteiger partial charge is 0.309 e. The molecule has 0 saturated heterocycles. The molecule has 4 aromatic heterocycles. The number of rotatable bonds is 4. The van der Waals surface area contributed by atoms with Crippen LogP contribution in [0.15, 0.2) is 194 Å². The van der Waals surface area contributed by atoms with Gasteiger partial charge in [0, 0.05) is 54.5 Å². The molecule has 6 heteroatoms. The Morgan fingerprint density at radius 1 is 0.258 bits per heavy atom. The molecule has 4 heterocycles. The first-order chi connectivity index (χ1) is 30.7. The number of hydrogen-bond donors (Lipinski definition) is 0. The van der Waals surface area contributed by atoms with Crippen LogP contribution in [-0.4, -0.2) is 18.3 Å². The fourth-order valence-corrected chi connectivity index (χ4v) is 10.2. The van der Waals surface area contributed by atoms with E-state index in [0.717, 1.165) is 110 Å². The summed E-state index contributed by atoms with van der Waals surface area (Å²) in [5.41, 5.74) is 13.0. The fourth-order valence-electron chi connectivity index (χ4n) is 10.2. The van der Waals surface area contributed by atoms with Gasteiger partial charge in [0.1, 0.15) is 12.1 Å². The van der Waals surface area contributed by atoms with E-state index in [4.69, 9.17) is 0 Å². The van der Waals surface area contributed by atoms with Gasteiger partial charge in [-0.3, -0.25) is 0 Å². The standard InChI is InChI=1S/C56H32N6/c57-33-35-27-55(61-49-25-13-9-21-41(49)45-29-51-43(31-53(45)61)39-19-7-11-23-47(39)59(51)37-15-3-1-4-16-37)56(28-36(35)34-58)62-50-26-14-10-22-42(50)46-30-52-44(32-54(46)62)40-20-8-12-24-48(40)60(52)38-17-5-2-6-18-38/h1-32H. The zero-order chi connectivity index (χ0) is 41.1. The molecular formula is C56H32N6. The van der Waals surface area contributed by atoms with Gasteiger partial charge in [-0.05, 0) is 84.9 Å². The average Bonchev–Trinajstić information content (AvgIpc) is 4.04. The molecule has 0 unspecified atom stereocenters. The van der Waals surface area contributed by atoms with Crippen molar-refractivity contribution in [3.05, 3.63) is 205 Å². The SMILES string of the molecule is N#Cc1cc(-n2c3ccccc3c3cc4c(cc32)c2ccccc2n4-c2ccccc2)c(-n2c3ccccc3c3cc4c(cc32)c2ccccc2n4-c2ccccc2)cc1C#N. The molecule has 62 heavy (non-hydrogen) atoms. The van der Waals surface area contributed by atoms with E-state index in [2.05, 4.69) is 212 Å². The summed E-state index contributed by atoms with van der Waals surface area (Å²) in [4.78, 5) is 0. The molecule has 0 amide bonds. The fraction of sp³-hybridized carbons (Fsp3) is 0. The van der Waals surface area contributed by atoms with Crippen molar-refractivity contribution in [3.8, 4) is 34.9 Å². The molecule has 13 aromatic rings. The van der Waals surface area contributed by atoms with Crippen molar-refractivity contribution in [2.75, 3.05) is 0 Å². The number of para-hydroxylation sites is 6. The van der Waals surface area contributed by atoms with Gasteiger partial charge in [0.25, 0.3) is 0 Å². The molecule has 9 aromatic carbocycles. The normalized spacial score (nSPS) is 11.8. The lowest BCUT2D eigenvalue weighted by atomic mass is 10.1. The topological polar surface area (TPSA) is 67.3 Å². The van der Waals surface area contributed by atoms with Gasteiger partial charge >= 0.3 is 0 Å². The first-order valence-corrected chi connectivity index (χ1v) is 20.7. The van der Waals surface area contributed by atoms with E-state index in [1.807, 2.05) is 12.1 Å². The lowest BCUT2D eigenvalue weighted by Crippen LogP contribution is -2.05. The van der Waals surface area contributed by atoms with E-state index in [0.29, 0.717) is 11.1 Å². The van der Waals surface area contributed by atoms with E-state index in [1.165, 1.54) is 0 Å². The van der Waals surface area contributed by atoms with E-state index < -0.39 is 0 Å². The van der Waals surface area contributed by atoms with Crippen LogP contribution in [0.3, 0.4) is 0 Å². The van der Waals surface area contributed by atoms with Crippen molar-refractivity contribution in [2.24, 2.45) is 0 Å². The van der Waals surface area contributed by atoms with Gasteiger partial charge in [0.15, 0.2) is 0 Å². The maximum absolute atomic E-state index is 10.6. The summed E-state index contributed by atoms with van der Waals surface area (Å²) in [6.07, 6.45) is 0. The molecule has 0 aliphatic carbocycles. The summed E-state index contributed by atoms with van der Waals surface area (Å²) < 4.78 is 9.31. The van der Waals surface area contributed by atoms with E-state index >= 15 is 0 Å². The summed E-state index contributed by atoms with van der Waals surface area (Å²) in [6.45, 7) is 0. The minimum absolute atomic E-state index is 0.327. The van der Waals surface area contributed by atoms with E-state index in [-0.39, 0.29) is 0 Å². The highest BCUT2D eigenvalue weighted by Gasteiger charge is 2.25. The minimum atomic E-state index is 0.327. The zero-order valence-electron chi connectivity index (χ0n) is 33.2. The average molecular weight is 789 g/mol. The molecule has 0 aliphatic rings. The Labute approximate surface area is 354 Å². The van der Waals surface area contributed by atoms with Crippen LogP contribution in [-0.2, 0) is 0 Å². The first kappa shape index (κ1) is 34.1. The molecule has 286 valence electrons. The Bertz CT molecular complexity index is 3840. The second-order valence-corrected chi connectivity index (χ2v) is 16.0. The second kappa shape index (κ2) is 12.8. The van der Waals surface area contributed by atoms with Crippen LogP contribution in [0.2, 0.25) is 0 Å². The highest BCUT2D eigenvalue weighted by Crippen LogP contribution is 2.44. The molecule has 0 N–H and O–H groups in total. The number of nitrogens with zero attached hydrogens (tertiary/aromatic N) is 6. The van der Waals surface area contributed by atoms with Gasteiger partial charge in [-0.2, -0.15) is 10.5 Å². The van der Waals surface area contributed by atoms with Gasteiger partial charge in [-0.1, -0.05) is 109 Å². The van der Waals surface area contributed by atoms with Crippen molar-refractivity contribution < 1.29 is 0 Å². The number of fused-ring (bicyclic) bond motifs is 12. The lowest BCUT2D eigenvalue weighted by Gasteiger charge is -2.18. The van der Waals surface area contributed by atoms with Gasteiger partial charge in [0.2, 0.25) is 0 Å². The molecule has 0 bridgehead atoms. The van der Waals surface area contributed by atoms with Crippen molar-refractivity contribution in [1.29, 1.82) is 10.5 Å². The third kappa shape index (κ3) is 4.61. The molecule has 0 radical (unpaired) electrons. The third-order valence-corrected chi connectivity index (χ3v) is 12.8. The van der Waals surface area contributed by atoms with Crippen LogP contribution >= 0.6 is 0 Å². The summed E-state index contributed by atoms with van der Waals surface area (Å²) in [5.74, 6) is 0. The van der Waals surface area contributed by atoms with Crippen molar-refractivity contribution in [3.63, 3.8) is 0 Å². The van der Waals surface area contributed by atoms with Crippen LogP contribution in [0.25, 0.3) is 110 Å². The monoisotopic (exact) mass is 788 g/mol. The van der Waals surface area contributed by atoms with E-state index in [1.54, 1.807) is 0 Å². The van der Waals surface area contributed by atoms with Gasteiger partial charge in [-0.25, -0.2) is 0 Å². The van der Waals surface area contributed by atoms with Crippen LogP contribution in [0.1, 0.15) is 11.1 Å². The smallest absolute Gasteiger partial charge is 0.101 e. The molecule has 0 aliphatic heterocycles.